The molecule has 2 nitrogen and oxygen atoms in total. The summed E-state index contributed by atoms with van der Waals surface area (Å²) in [6, 6.07) is 6.59. The first-order chi connectivity index (χ1) is 8.69. The maximum absolute atomic E-state index is 6.05. The van der Waals surface area contributed by atoms with Crippen LogP contribution in [0.1, 0.15) is 18.9 Å². The number of aromatic nitrogens is 1. The summed E-state index contributed by atoms with van der Waals surface area (Å²) in [5, 5.41) is 2.00. The van der Waals surface area contributed by atoms with E-state index in [1.165, 1.54) is 10.5 Å². The van der Waals surface area contributed by atoms with E-state index in [0.717, 1.165) is 21.7 Å². The Morgan fingerprint density at radius 3 is 3.00 bits per heavy atom. The molecule has 0 aliphatic rings. The molecule has 5 heteroatoms. The lowest BCUT2D eigenvalue weighted by molar-refractivity contribution is 0.641. The Labute approximate surface area is 124 Å². The van der Waals surface area contributed by atoms with Crippen LogP contribution in [0, 0.1) is 0 Å². The molecule has 0 spiro atoms. The third-order valence-corrected chi connectivity index (χ3v) is 5.12. The molecule has 0 saturated heterocycles. The third kappa shape index (κ3) is 3.82. The van der Waals surface area contributed by atoms with Gasteiger partial charge in [-0.15, -0.1) is 11.3 Å². The molecule has 1 atom stereocenters. The summed E-state index contributed by atoms with van der Waals surface area (Å²) < 4.78 is 2.16. The summed E-state index contributed by atoms with van der Waals surface area (Å²) in [6.45, 7) is 2.12. The third-order valence-electron chi connectivity index (χ3n) is 2.64. The van der Waals surface area contributed by atoms with E-state index in [4.69, 9.17) is 5.73 Å². The lowest BCUT2D eigenvalue weighted by Crippen LogP contribution is -2.21. The van der Waals surface area contributed by atoms with Gasteiger partial charge in [0.25, 0.3) is 0 Å². The number of benzene rings is 1. The summed E-state index contributed by atoms with van der Waals surface area (Å²) in [5.41, 5.74) is 7.35. The predicted molar refractivity (Wildman–Crippen MR) is 82.3 cm³/mol. The number of nitrogens with two attached hydrogens (primary N) is 1. The second kappa shape index (κ2) is 6.70. The predicted octanol–water partition coefficient (Wildman–Crippen LogP) is 4.34. The van der Waals surface area contributed by atoms with Crippen molar-refractivity contribution >= 4 is 39.0 Å². The number of nitrogens with zero attached hydrogens (tertiary/aromatic N) is 1. The molecule has 96 valence electrons. The van der Waals surface area contributed by atoms with Gasteiger partial charge in [0.15, 0.2) is 4.34 Å². The number of hydrogen-bond acceptors (Lipinski definition) is 4. The summed E-state index contributed by atoms with van der Waals surface area (Å²) in [6.07, 6.45) is 3.75. The van der Waals surface area contributed by atoms with Crippen molar-refractivity contribution in [3.63, 3.8) is 0 Å². The number of halogens is 1. The highest BCUT2D eigenvalue weighted by Crippen LogP contribution is 2.34. The van der Waals surface area contributed by atoms with E-state index in [1.54, 1.807) is 23.1 Å². The minimum absolute atomic E-state index is 0.224. The highest BCUT2D eigenvalue weighted by Gasteiger charge is 2.10. The summed E-state index contributed by atoms with van der Waals surface area (Å²) >= 11 is 6.89. The van der Waals surface area contributed by atoms with Gasteiger partial charge in [-0.3, -0.25) is 0 Å². The SMILES string of the molecule is CCC(N)Cc1ccc(Br)cc1Sc1nccs1. The van der Waals surface area contributed by atoms with Crippen LogP contribution in [0.4, 0.5) is 0 Å². The molecule has 1 heterocycles. The van der Waals surface area contributed by atoms with Crippen LogP contribution in [-0.4, -0.2) is 11.0 Å². The Balaban J connectivity index is 2.23. The zero-order chi connectivity index (χ0) is 13.0. The van der Waals surface area contributed by atoms with Crippen molar-refractivity contribution in [3.8, 4) is 0 Å². The van der Waals surface area contributed by atoms with Gasteiger partial charge in [0.1, 0.15) is 0 Å². The van der Waals surface area contributed by atoms with E-state index in [-0.39, 0.29) is 6.04 Å². The van der Waals surface area contributed by atoms with Gasteiger partial charge in [-0.2, -0.15) is 0 Å². The van der Waals surface area contributed by atoms with E-state index < -0.39 is 0 Å². The average molecular weight is 343 g/mol. The van der Waals surface area contributed by atoms with E-state index in [2.05, 4.69) is 46.0 Å². The van der Waals surface area contributed by atoms with Crippen molar-refractivity contribution in [2.75, 3.05) is 0 Å². The quantitative estimate of drug-likeness (QED) is 0.878. The van der Waals surface area contributed by atoms with Gasteiger partial charge in [-0.25, -0.2) is 4.98 Å². The van der Waals surface area contributed by atoms with Crippen molar-refractivity contribution in [3.05, 3.63) is 39.8 Å². The Morgan fingerprint density at radius 2 is 2.33 bits per heavy atom. The molecule has 2 N–H and O–H groups in total. The molecular weight excluding hydrogens is 328 g/mol. The topological polar surface area (TPSA) is 38.9 Å². The van der Waals surface area contributed by atoms with Gasteiger partial charge < -0.3 is 5.73 Å². The highest BCUT2D eigenvalue weighted by molar-refractivity contribution is 9.10. The van der Waals surface area contributed by atoms with Crippen LogP contribution in [0.15, 0.2) is 43.5 Å². The van der Waals surface area contributed by atoms with Crippen LogP contribution in [0.3, 0.4) is 0 Å². The maximum Gasteiger partial charge on any atom is 0.154 e. The first-order valence-corrected chi connectivity index (χ1v) is 8.29. The van der Waals surface area contributed by atoms with Crippen molar-refractivity contribution < 1.29 is 0 Å². The Bertz CT molecular complexity index is 500. The molecule has 0 saturated carbocycles. The van der Waals surface area contributed by atoms with Crippen LogP contribution in [0.2, 0.25) is 0 Å². The second-order valence-corrected chi connectivity index (χ2v) is 7.12. The molecule has 2 aromatic rings. The first kappa shape index (κ1) is 14.1. The lowest BCUT2D eigenvalue weighted by Gasteiger charge is -2.12. The average Bonchev–Trinajstić information content (AvgIpc) is 2.85. The largest absolute Gasteiger partial charge is 0.327 e. The number of rotatable bonds is 5. The Hall–Kier alpha value is -0.360. The Kier molecular flexibility index (Phi) is 5.24. The van der Waals surface area contributed by atoms with E-state index in [1.807, 2.05) is 11.6 Å². The second-order valence-electron chi connectivity index (χ2n) is 4.02. The van der Waals surface area contributed by atoms with Crippen molar-refractivity contribution in [2.45, 2.75) is 35.0 Å². The molecule has 1 unspecified atom stereocenters. The first-order valence-electron chi connectivity index (χ1n) is 5.80. The molecule has 0 aliphatic carbocycles. The van der Waals surface area contributed by atoms with Gasteiger partial charge in [0.05, 0.1) is 0 Å². The van der Waals surface area contributed by atoms with Crippen LogP contribution < -0.4 is 5.73 Å². The molecular formula is C13H15BrN2S2. The van der Waals surface area contributed by atoms with Crippen molar-refractivity contribution in [1.29, 1.82) is 0 Å². The van der Waals surface area contributed by atoms with E-state index in [0.29, 0.717) is 0 Å². The Morgan fingerprint density at radius 1 is 1.50 bits per heavy atom. The smallest absolute Gasteiger partial charge is 0.154 e. The molecule has 0 amide bonds. The fraction of sp³-hybridized carbons (Fsp3) is 0.308. The molecule has 0 bridgehead atoms. The van der Waals surface area contributed by atoms with Gasteiger partial charge in [-0.05, 0) is 30.5 Å². The number of thiazole rings is 1. The normalized spacial score (nSPS) is 12.6. The van der Waals surface area contributed by atoms with Gasteiger partial charge >= 0.3 is 0 Å². The maximum atomic E-state index is 6.05. The molecule has 1 aromatic carbocycles. The fourth-order valence-electron chi connectivity index (χ4n) is 1.57. The molecule has 2 rings (SSSR count). The molecule has 18 heavy (non-hydrogen) atoms. The minimum atomic E-state index is 0.224. The number of hydrogen-bond donors (Lipinski definition) is 1. The zero-order valence-corrected chi connectivity index (χ0v) is 13.3. The summed E-state index contributed by atoms with van der Waals surface area (Å²) in [4.78, 5) is 5.56. The molecule has 1 aromatic heterocycles. The van der Waals surface area contributed by atoms with Crippen molar-refractivity contribution in [2.24, 2.45) is 5.73 Å². The monoisotopic (exact) mass is 342 g/mol. The molecule has 0 radical (unpaired) electrons. The summed E-state index contributed by atoms with van der Waals surface area (Å²) in [7, 11) is 0. The van der Waals surface area contributed by atoms with E-state index >= 15 is 0 Å². The van der Waals surface area contributed by atoms with Gasteiger partial charge in [-0.1, -0.05) is 40.7 Å². The molecule has 0 aliphatic heterocycles. The van der Waals surface area contributed by atoms with Gasteiger partial charge in [0.2, 0.25) is 0 Å². The van der Waals surface area contributed by atoms with Crippen molar-refractivity contribution in [1.82, 2.24) is 4.98 Å². The van der Waals surface area contributed by atoms with Crippen LogP contribution in [-0.2, 0) is 6.42 Å². The summed E-state index contributed by atoms with van der Waals surface area (Å²) in [5.74, 6) is 0. The fourth-order valence-corrected chi connectivity index (χ4v) is 3.84. The van der Waals surface area contributed by atoms with Crippen LogP contribution in [0.5, 0.6) is 0 Å². The van der Waals surface area contributed by atoms with Gasteiger partial charge in [0, 0.05) is 27.0 Å². The van der Waals surface area contributed by atoms with Crippen LogP contribution in [0.25, 0.3) is 0 Å². The highest BCUT2D eigenvalue weighted by atomic mass is 79.9. The standard InChI is InChI=1S/C13H15BrN2S2/c1-2-11(15)7-9-3-4-10(14)8-12(9)18-13-16-5-6-17-13/h3-6,8,11H,2,7,15H2,1H3. The van der Waals surface area contributed by atoms with Crippen LogP contribution >= 0.6 is 39.0 Å². The van der Waals surface area contributed by atoms with E-state index in [9.17, 15) is 0 Å². The lowest BCUT2D eigenvalue weighted by atomic mass is 10.1. The molecule has 0 fully saturated rings. The minimum Gasteiger partial charge on any atom is -0.327 e. The zero-order valence-electron chi connectivity index (χ0n) is 10.1.